The average Bonchev–Trinajstić information content (AvgIpc) is 2.23. The molecule has 0 amide bonds. The molecule has 1 saturated heterocycles. The quantitative estimate of drug-likeness (QED) is 0.472. The van der Waals surface area contributed by atoms with E-state index < -0.39 is 30.2 Å². The maximum atomic E-state index is 12.6. The smallest absolute Gasteiger partial charge is 0.381 e. The van der Waals surface area contributed by atoms with Crippen molar-refractivity contribution in [3.05, 3.63) is 0 Å². The highest BCUT2D eigenvalue weighted by molar-refractivity contribution is 4.91. The van der Waals surface area contributed by atoms with Gasteiger partial charge in [0.05, 0.1) is 6.61 Å². The van der Waals surface area contributed by atoms with E-state index in [0.29, 0.717) is 13.0 Å². The number of alkyl halides is 6. The number of nitrogens with two attached hydrogens (primary N) is 1. The molecular weight excluding hydrogens is 266 g/mol. The molecule has 0 spiro atoms. The molecule has 3 nitrogen and oxygen atoms in total. The van der Waals surface area contributed by atoms with Crippen molar-refractivity contribution in [3.63, 3.8) is 0 Å². The molecule has 2 unspecified atom stereocenters. The predicted molar refractivity (Wildman–Crippen MR) is 50.3 cm³/mol. The Morgan fingerprint density at radius 1 is 1.11 bits per heavy atom. The lowest BCUT2D eigenvalue weighted by Crippen LogP contribution is -2.57. The molecule has 2 atom stereocenters. The minimum atomic E-state index is -5.40. The van der Waals surface area contributed by atoms with Gasteiger partial charge in [0.2, 0.25) is 0 Å². The number of hydrogen-bond donors (Lipinski definition) is 2. The molecule has 1 aliphatic rings. The fourth-order valence-electron chi connectivity index (χ4n) is 2.15. The Labute approximate surface area is 99.6 Å². The fraction of sp³-hybridized carbons (Fsp3) is 1.00. The summed E-state index contributed by atoms with van der Waals surface area (Å²) >= 11 is 0. The number of ether oxygens (including phenoxy) is 1. The first-order chi connectivity index (χ1) is 8.18. The summed E-state index contributed by atoms with van der Waals surface area (Å²) in [6.45, 7) is 0.189. The number of nitrogens with one attached hydrogen (secondary N) is 1. The normalized spacial score (nSPS) is 24.3. The molecule has 0 aliphatic carbocycles. The molecule has 0 saturated carbocycles. The van der Waals surface area contributed by atoms with Crippen molar-refractivity contribution in [2.24, 2.45) is 17.7 Å². The largest absolute Gasteiger partial charge is 0.402 e. The van der Waals surface area contributed by atoms with Gasteiger partial charge in [-0.1, -0.05) is 0 Å². The van der Waals surface area contributed by atoms with Crippen molar-refractivity contribution < 1.29 is 31.1 Å². The fourth-order valence-corrected chi connectivity index (χ4v) is 2.15. The van der Waals surface area contributed by atoms with Crippen molar-refractivity contribution in [1.82, 2.24) is 5.43 Å². The van der Waals surface area contributed by atoms with Crippen LogP contribution in [0.25, 0.3) is 0 Å². The molecule has 3 N–H and O–H groups in total. The van der Waals surface area contributed by atoms with E-state index >= 15 is 0 Å². The monoisotopic (exact) mass is 280 g/mol. The molecule has 1 rings (SSSR count). The molecule has 0 radical (unpaired) electrons. The summed E-state index contributed by atoms with van der Waals surface area (Å²) in [6, 6.07) is -1.93. The van der Waals surface area contributed by atoms with Crippen molar-refractivity contribution >= 4 is 0 Å². The van der Waals surface area contributed by atoms with Crippen LogP contribution in [0.4, 0.5) is 26.3 Å². The Kier molecular flexibility index (Phi) is 4.84. The van der Waals surface area contributed by atoms with Crippen LogP contribution < -0.4 is 11.3 Å². The highest BCUT2D eigenvalue weighted by Gasteiger charge is 2.61. The summed E-state index contributed by atoms with van der Waals surface area (Å²) in [5.41, 5.74) is 1.66. The number of rotatable bonds is 3. The van der Waals surface area contributed by atoms with Gasteiger partial charge in [0.25, 0.3) is 0 Å². The summed E-state index contributed by atoms with van der Waals surface area (Å²) < 4.78 is 80.2. The minimum Gasteiger partial charge on any atom is -0.381 e. The van der Waals surface area contributed by atoms with Gasteiger partial charge in [-0.25, -0.2) is 0 Å². The lowest BCUT2D eigenvalue weighted by molar-refractivity contribution is -0.296. The third-order valence-corrected chi connectivity index (χ3v) is 2.96. The van der Waals surface area contributed by atoms with Crippen LogP contribution in [-0.2, 0) is 4.74 Å². The first-order valence-corrected chi connectivity index (χ1v) is 5.35. The van der Waals surface area contributed by atoms with Crippen LogP contribution >= 0.6 is 0 Å². The Balaban J connectivity index is 2.93. The molecule has 9 heteroatoms. The molecule has 1 heterocycles. The van der Waals surface area contributed by atoms with Gasteiger partial charge in [-0.15, -0.1) is 0 Å². The van der Waals surface area contributed by atoms with E-state index in [0.717, 1.165) is 0 Å². The van der Waals surface area contributed by atoms with Gasteiger partial charge in [-0.3, -0.25) is 11.3 Å². The molecule has 0 aromatic rings. The van der Waals surface area contributed by atoms with Gasteiger partial charge < -0.3 is 4.74 Å². The SMILES string of the molecule is NNC(C1CCCOC1)C(C(F)(F)F)C(F)(F)F. The van der Waals surface area contributed by atoms with E-state index in [1.807, 2.05) is 0 Å². The average molecular weight is 280 g/mol. The van der Waals surface area contributed by atoms with Crippen LogP contribution in [0.1, 0.15) is 12.8 Å². The zero-order chi connectivity index (χ0) is 14.0. The number of hydrogen-bond acceptors (Lipinski definition) is 3. The summed E-state index contributed by atoms with van der Waals surface area (Å²) in [7, 11) is 0. The number of hydrazine groups is 1. The van der Waals surface area contributed by atoms with Gasteiger partial charge in [0, 0.05) is 12.6 Å². The maximum absolute atomic E-state index is 12.6. The Morgan fingerprint density at radius 3 is 2.00 bits per heavy atom. The topological polar surface area (TPSA) is 47.3 Å². The summed E-state index contributed by atoms with van der Waals surface area (Å²) in [5.74, 6) is 0.502. The third kappa shape index (κ3) is 3.72. The second-order valence-corrected chi connectivity index (χ2v) is 4.23. The second kappa shape index (κ2) is 5.62. The molecule has 0 aromatic heterocycles. The van der Waals surface area contributed by atoms with Crippen LogP contribution in [0.2, 0.25) is 0 Å². The highest BCUT2D eigenvalue weighted by Crippen LogP contribution is 2.43. The lowest BCUT2D eigenvalue weighted by atomic mass is 9.84. The van der Waals surface area contributed by atoms with Crippen molar-refractivity contribution in [1.29, 1.82) is 0 Å². The second-order valence-electron chi connectivity index (χ2n) is 4.23. The van der Waals surface area contributed by atoms with Crippen LogP contribution in [-0.4, -0.2) is 31.6 Å². The molecule has 1 aliphatic heterocycles. The van der Waals surface area contributed by atoms with Crippen LogP contribution in [0.15, 0.2) is 0 Å². The van der Waals surface area contributed by atoms with Gasteiger partial charge in [0.15, 0.2) is 5.92 Å². The van der Waals surface area contributed by atoms with E-state index in [2.05, 4.69) is 0 Å². The standard InChI is InChI=1S/C9H14F6N2O/c10-8(11,12)7(9(13,14)15)6(17-16)5-2-1-3-18-4-5/h5-7,17H,1-4,16H2. The lowest BCUT2D eigenvalue weighted by Gasteiger charge is -2.36. The van der Waals surface area contributed by atoms with Gasteiger partial charge in [0.1, 0.15) is 0 Å². The van der Waals surface area contributed by atoms with E-state index in [1.165, 1.54) is 0 Å². The minimum absolute atomic E-state index is 0.155. The highest BCUT2D eigenvalue weighted by atomic mass is 19.4. The van der Waals surface area contributed by atoms with Gasteiger partial charge in [-0.05, 0) is 18.8 Å². The molecule has 1 fully saturated rings. The molecule has 108 valence electrons. The molecule has 0 bridgehead atoms. The van der Waals surface area contributed by atoms with Crippen LogP contribution in [0.3, 0.4) is 0 Å². The summed E-state index contributed by atoms with van der Waals surface area (Å²) in [6.07, 6.45) is -10.2. The Morgan fingerprint density at radius 2 is 1.67 bits per heavy atom. The maximum Gasteiger partial charge on any atom is 0.402 e. The zero-order valence-electron chi connectivity index (χ0n) is 9.31. The van der Waals surface area contributed by atoms with Crippen molar-refractivity contribution in [2.75, 3.05) is 13.2 Å². The summed E-state index contributed by atoms with van der Waals surface area (Å²) in [5, 5.41) is 0. The molecule has 0 aromatic carbocycles. The number of halogens is 6. The predicted octanol–water partition coefficient (Wildman–Crippen LogP) is 1.99. The molecule has 18 heavy (non-hydrogen) atoms. The van der Waals surface area contributed by atoms with Crippen LogP contribution in [0.5, 0.6) is 0 Å². The van der Waals surface area contributed by atoms with Gasteiger partial charge in [-0.2, -0.15) is 26.3 Å². The Bertz CT molecular complexity index is 247. The Hall–Kier alpha value is -0.540. The first kappa shape index (κ1) is 15.5. The molecular formula is C9H14F6N2O. The van der Waals surface area contributed by atoms with E-state index in [-0.39, 0.29) is 13.0 Å². The van der Waals surface area contributed by atoms with E-state index in [4.69, 9.17) is 10.6 Å². The summed E-state index contributed by atoms with van der Waals surface area (Å²) in [4.78, 5) is 0. The van der Waals surface area contributed by atoms with Gasteiger partial charge >= 0.3 is 12.4 Å². The van der Waals surface area contributed by atoms with Crippen molar-refractivity contribution in [2.45, 2.75) is 31.2 Å². The zero-order valence-corrected chi connectivity index (χ0v) is 9.31. The third-order valence-electron chi connectivity index (χ3n) is 2.96. The van der Waals surface area contributed by atoms with Crippen LogP contribution in [0, 0.1) is 11.8 Å². The van der Waals surface area contributed by atoms with Crippen molar-refractivity contribution in [3.8, 4) is 0 Å². The first-order valence-electron chi connectivity index (χ1n) is 5.35. The van der Waals surface area contributed by atoms with E-state index in [1.54, 1.807) is 5.43 Å². The van der Waals surface area contributed by atoms with E-state index in [9.17, 15) is 26.3 Å².